The predicted molar refractivity (Wildman–Crippen MR) is 49.1 cm³/mol. The number of halogens is 1. The fraction of sp³-hybridized carbons (Fsp3) is 0.429. The molecular weight excluding hydrogens is 257 g/mol. The summed E-state index contributed by atoms with van der Waals surface area (Å²) in [5.74, 6) is -0.375. The summed E-state index contributed by atoms with van der Waals surface area (Å²) in [4.78, 5) is 23.5. The van der Waals surface area contributed by atoms with Gasteiger partial charge in [0.25, 0.3) is 11.8 Å². The van der Waals surface area contributed by atoms with Gasteiger partial charge in [0, 0.05) is 12.1 Å². The van der Waals surface area contributed by atoms with Crippen molar-refractivity contribution in [3.05, 3.63) is 9.66 Å². The highest BCUT2D eigenvalue weighted by molar-refractivity contribution is 14.1. The van der Waals surface area contributed by atoms with Gasteiger partial charge >= 0.3 is 0 Å². The molecule has 0 fully saturated rings. The van der Waals surface area contributed by atoms with E-state index in [1.165, 1.54) is 11.0 Å². The van der Waals surface area contributed by atoms with Crippen LogP contribution in [0, 0.1) is 0 Å². The van der Waals surface area contributed by atoms with Gasteiger partial charge in [0.2, 0.25) is 0 Å². The van der Waals surface area contributed by atoms with Crippen molar-refractivity contribution in [1.29, 1.82) is 0 Å². The van der Waals surface area contributed by atoms with Crippen molar-refractivity contribution in [3.63, 3.8) is 0 Å². The molecule has 0 saturated carbocycles. The lowest BCUT2D eigenvalue weighted by atomic mass is 10.3. The third kappa shape index (κ3) is 1.45. The minimum atomic E-state index is -0.200. The highest BCUT2D eigenvalue weighted by Gasteiger charge is 2.31. The molecule has 0 aromatic heterocycles. The summed E-state index contributed by atoms with van der Waals surface area (Å²) in [7, 11) is 0. The molecular formula is C7H8INO2. The number of hydrogen-bond donors (Lipinski definition) is 0. The van der Waals surface area contributed by atoms with E-state index in [1.807, 2.05) is 36.4 Å². The topological polar surface area (TPSA) is 37.4 Å². The summed E-state index contributed by atoms with van der Waals surface area (Å²) >= 11 is 1.87. The van der Waals surface area contributed by atoms with Crippen LogP contribution in [-0.2, 0) is 9.59 Å². The molecule has 0 aromatic rings. The second kappa shape index (κ2) is 2.92. The van der Waals surface area contributed by atoms with E-state index in [0.29, 0.717) is 3.58 Å². The van der Waals surface area contributed by atoms with Gasteiger partial charge in [-0.05, 0) is 36.4 Å². The Hall–Kier alpha value is -0.390. The molecule has 1 aliphatic heterocycles. The number of amides is 2. The lowest BCUT2D eigenvalue weighted by molar-refractivity contribution is -0.138. The molecule has 0 bridgehead atoms. The van der Waals surface area contributed by atoms with E-state index in [0.717, 1.165) is 0 Å². The Morgan fingerprint density at radius 3 is 2.18 bits per heavy atom. The largest absolute Gasteiger partial charge is 0.272 e. The van der Waals surface area contributed by atoms with Crippen LogP contribution in [0.3, 0.4) is 0 Å². The summed E-state index contributed by atoms with van der Waals surface area (Å²) < 4.78 is 0.501. The molecule has 60 valence electrons. The van der Waals surface area contributed by atoms with Crippen LogP contribution in [0.4, 0.5) is 0 Å². The minimum Gasteiger partial charge on any atom is -0.272 e. The fourth-order valence-corrected chi connectivity index (χ4v) is 1.47. The summed E-state index contributed by atoms with van der Waals surface area (Å²) in [5.41, 5.74) is 0. The monoisotopic (exact) mass is 265 g/mol. The maximum absolute atomic E-state index is 11.2. The molecule has 3 nitrogen and oxygen atoms in total. The van der Waals surface area contributed by atoms with E-state index < -0.39 is 0 Å². The zero-order valence-electron chi connectivity index (χ0n) is 6.30. The summed E-state index contributed by atoms with van der Waals surface area (Å²) in [6.07, 6.45) is 1.36. The summed E-state index contributed by atoms with van der Waals surface area (Å²) in [5, 5.41) is 0. The molecule has 0 aromatic carbocycles. The first-order valence-corrected chi connectivity index (χ1v) is 4.36. The zero-order valence-corrected chi connectivity index (χ0v) is 8.45. The van der Waals surface area contributed by atoms with Gasteiger partial charge in [-0.1, -0.05) is 0 Å². The fourth-order valence-electron chi connectivity index (χ4n) is 0.944. The lowest BCUT2D eigenvalue weighted by Crippen LogP contribution is -2.36. The number of nitrogens with zero attached hydrogens (tertiary/aromatic N) is 1. The van der Waals surface area contributed by atoms with E-state index >= 15 is 0 Å². The average molecular weight is 265 g/mol. The first kappa shape index (κ1) is 8.70. The first-order valence-electron chi connectivity index (χ1n) is 3.28. The Morgan fingerprint density at radius 2 is 2.00 bits per heavy atom. The molecule has 1 aliphatic rings. The molecule has 1 heterocycles. The van der Waals surface area contributed by atoms with Crippen LogP contribution >= 0.6 is 22.6 Å². The van der Waals surface area contributed by atoms with E-state index in [2.05, 4.69) is 0 Å². The van der Waals surface area contributed by atoms with Gasteiger partial charge in [-0.25, -0.2) is 0 Å². The Kier molecular flexibility index (Phi) is 2.31. The van der Waals surface area contributed by atoms with Crippen LogP contribution < -0.4 is 0 Å². The number of carbonyl (C=O) groups excluding carboxylic acids is 2. The van der Waals surface area contributed by atoms with E-state index in [4.69, 9.17) is 0 Å². The van der Waals surface area contributed by atoms with E-state index in [-0.39, 0.29) is 17.9 Å². The normalized spacial score (nSPS) is 18.2. The number of imide groups is 1. The molecule has 4 heteroatoms. The molecule has 0 unspecified atom stereocenters. The first-order chi connectivity index (χ1) is 5.04. The molecule has 1 rings (SSSR count). The Labute approximate surface area is 78.6 Å². The van der Waals surface area contributed by atoms with Crippen molar-refractivity contribution in [1.82, 2.24) is 4.90 Å². The molecule has 0 atom stereocenters. The second-order valence-corrected chi connectivity index (χ2v) is 3.76. The van der Waals surface area contributed by atoms with Crippen molar-refractivity contribution in [3.8, 4) is 0 Å². The number of hydrogen-bond acceptors (Lipinski definition) is 2. The summed E-state index contributed by atoms with van der Waals surface area (Å²) in [6.45, 7) is 3.64. The van der Waals surface area contributed by atoms with Gasteiger partial charge in [-0.2, -0.15) is 0 Å². The van der Waals surface area contributed by atoms with Crippen molar-refractivity contribution >= 4 is 34.4 Å². The number of rotatable bonds is 1. The van der Waals surface area contributed by atoms with Crippen LogP contribution in [0.25, 0.3) is 0 Å². The molecule has 0 N–H and O–H groups in total. The summed E-state index contributed by atoms with van der Waals surface area (Å²) in [6, 6.07) is -0.0430. The standard InChI is InChI=1S/C7H8INO2/c1-4(2)9-6(10)3-5(8)7(9)11/h3-4H,1-2H3. The van der Waals surface area contributed by atoms with Crippen LogP contribution in [-0.4, -0.2) is 22.8 Å². The van der Waals surface area contributed by atoms with E-state index in [1.54, 1.807) is 0 Å². The third-order valence-electron chi connectivity index (χ3n) is 1.43. The minimum absolute atomic E-state index is 0.0430. The second-order valence-electron chi connectivity index (χ2n) is 2.60. The van der Waals surface area contributed by atoms with Crippen molar-refractivity contribution in [2.75, 3.05) is 0 Å². The molecule has 2 amide bonds. The van der Waals surface area contributed by atoms with Crippen molar-refractivity contribution < 1.29 is 9.59 Å². The van der Waals surface area contributed by atoms with Gasteiger partial charge < -0.3 is 0 Å². The molecule has 11 heavy (non-hydrogen) atoms. The molecule has 0 aliphatic carbocycles. The van der Waals surface area contributed by atoms with Crippen LogP contribution in [0.1, 0.15) is 13.8 Å². The quantitative estimate of drug-likeness (QED) is 0.525. The Bertz CT molecular complexity index is 245. The van der Waals surface area contributed by atoms with Crippen LogP contribution in [0.2, 0.25) is 0 Å². The smallest absolute Gasteiger partial charge is 0.267 e. The van der Waals surface area contributed by atoms with Crippen LogP contribution in [0.15, 0.2) is 9.66 Å². The SMILES string of the molecule is CC(C)N1C(=O)C=C(I)C1=O. The Balaban J connectivity index is 2.90. The molecule has 0 radical (unpaired) electrons. The van der Waals surface area contributed by atoms with E-state index in [9.17, 15) is 9.59 Å². The van der Waals surface area contributed by atoms with Gasteiger partial charge in [0.05, 0.1) is 3.58 Å². The maximum atomic E-state index is 11.2. The van der Waals surface area contributed by atoms with Gasteiger partial charge in [0.15, 0.2) is 0 Å². The van der Waals surface area contributed by atoms with Crippen molar-refractivity contribution in [2.45, 2.75) is 19.9 Å². The van der Waals surface area contributed by atoms with Gasteiger partial charge in [-0.3, -0.25) is 14.5 Å². The molecule has 0 spiro atoms. The van der Waals surface area contributed by atoms with Gasteiger partial charge in [0.1, 0.15) is 0 Å². The van der Waals surface area contributed by atoms with Crippen LogP contribution in [0.5, 0.6) is 0 Å². The third-order valence-corrected chi connectivity index (χ3v) is 2.20. The average Bonchev–Trinajstić information content (AvgIpc) is 2.07. The highest BCUT2D eigenvalue weighted by atomic mass is 127. The maximum Gasteiger partial charge on any atom is 0.267 e. The Morgan fingerprint density at radius 1 is 1.45 bits per heavy atom. The molecule has 0 saturated heterocycles. The zero-order chi connectivity index (χ0) is 8.59. The van der Waals surface area contributed by atoms with Gasteiger partial charge in [-0.15, -0.1) is 0 Å². The van der Waals surface area contributed by atoms with Crippen molar-refractivity contribution in [2.24, 2.45) is 0 Å². The predicted octanol–water partition coefficient (Wildman–Crippen LogP) is 1.08. The highest BCUT2D eigenvalue weighted by Crippen LogP contribution is 2.20. The lowest BCUT2D eigenvalue weighted by Gasteiger charge is -2.17. The number of carbonyl (C=O) groups is 2.